The van der Waals surface area contributed by atoms with E-state index in [4.69, 9.17) is 0 Å². The molecule has 1 heterocycles. The molecule has 0 saturated heterocycles. The summed E-state index contributed by atoms with van der Waals surface area (Å²) in [4.78, 5) is 8.48. The Kier molecular flexibility index (Phi) is 6.42. The summed E-state index contributed by atoms with van der Waals surface area (Å²) in [5.41, 5.74) is 0. The van der Waals surface area contributed by atoms with Crippen LogP contribution in [0.25, 0.3) is 0 Å². The van der Waals surface area contributed by atoms with Crippen molar-refractivity contribution in [3.8, 4) is 0 Å². The summed E-state index contributed by atoms with van der Waals surface area (Å²) in [5, 5.41) is 4.93. The Morgan fingerprint density at radius 2 is 2.00 bits per heavy atom. The molecule has 16 heavy (non-hydrogen) atoms. The van der Waals surface area contributed by atoms with Crippen molar-refractivity contribution in [1.82, 2.24) is 15.3 Å². The van der Waals surface area contributed by atoms with Crippen molar-refractivity contribution >= 4 is 11.8 Å². The molecule has 2 atom stereocenters. The molecule has 4 heteroatoms. The van der Waals surface area contributed by atoms with E-state index in [0.717, 1.165) is 18.1 Å². The van der Waals surface area contributed by atoms with Crippen LogP contribution in [0.15, 0.2) is 23.6 Å². The van der Waals surface area contributed by atoms with Gasteiger partial charge in [-0.05, 0) is 25.5 Å². The van der Waals surface area contributed by atoms with Crippen LogP contribution in [0, 0.1) is 0 Å². The molecule has 2 unspecified atom stereocenters. The highest BCUT2D eigenvalue weighted by atomic mass is 32.2. The largest absolute Gasteiger partial charge is 0.313 e. The number of rotatable bonds is 7. The Hall–Kier alpha value is -0.610. The lowest BCUT2D eigenvalue weighted by molar-refractivity contribution is 0.493. The van der Waals surface area contributed by atoms with Crippen LogP contribution in [0.5, 0.6) is 0 Å². The average molecular weight is 239 g/mol. The minimum absolute atomic E-state index is 0.499. The van der Waals surface area contributed by atoms with E-state index in [2.05, 4.69) is 36.1 Å². The van der Waals surface area contributed by atoms with Gasteiger partial charge in [-0.1, -0.05) is 32.5 Å². The molecule has 0 radical (unpaired) electrons. The lowest BCUT2D eigenvalue weighted by Gasteiger charge is -2.22. The van der Waals surface area contributed by atoms with E-state index in [-0.39, 0.29) is 0 Å². The van der Waals surface area contributed by atoms with E-state index in [1.165, 1.54) is 6.42 Å². The molecule has 0 aliphatic heterocycles. The smallest absolute Gasteiger partial charge is 0.187 e. The minimum Gasteiger partial charge on any atom is -0.313 e. The predicted octanol–water partition coefficient (Wildman–Crippen LogP) is 2.74. The highest BCUT2D eigenvalue weighted by Crippen LogP contribution is 2.22. The molecule has 0 aliphatic rings. The molecule has 0 aromatic carbocycles. The van der Waals surface area contributed by atoms with Gasteiger partial charge in [-0.25, -0.2) is 9.97 Å². The van der Waals surface area contributed by atoms with Crippen LogP contribution in [0.2, 0.25) is 0 Å². The molecule has 1 N–H and O–H groups in total. The Labute approximate surface area is 102 Å². The average Bonchev–Trinajstić information content (AvgIpc) is 2.31. The lowest BCUT2D eigenvalue weighted by atomic mass is 10.1. The fourth-order valence-corrected chi connectivity index (χ4v) is 2.60. The molecule has 0 saturated carbocycles. The number of nitrogens with zero attached hydrogens (tertiary/aromatic N) is 2. The summed E-state index contributed by atoms with van der Waals surface area (Å²) in [6.45, 7) is 7.73. The second kappa shape index (κ2) is 7.63. The third-order valence-electron chi connectivity index (χ3n) is 2.50. The zero-order chi connectivity index (χ0) is 11.8. The summed E-state index contributed by atoms with van der Waals surface area (Å²) >= 11 is 1.74. The third kappa shape index (κ3) is 4.49. The van der Waals surface area contributed by atoms with Gasteiger partial charge in [-0.3, -0.25) is 0 Å². The maximum Gasteiger partial charge on any atom is 0.187 e. The van der Waals surface area contributed by atoms with Crippen molar-refractivity contribution in [1.29, 1.82) is 0 Å². The third-order valence-corrected chi connectivity index (χ3v) is 3.62. The van der Waals surface area contributed by atoms with E-state index in [1.54, 1.807) is 24.2 Å². The Morgan fingerprint density at radius 1 is 1.31 bits per heavy atom. The number of thioether (sulfide) groups is 1. The molecule has 0 bridgehead atoms. The second-order valence-corrected chi connectivity index (χ2v) is 5.17. The molecular weight excluding hydrogens is 218 g/mol. The highest BCUT2D eigenvalue weighted by Gasteiger charge is 2.16. The van der Waals surface area contributed by atoms with Gasteiger partial charge in [0.1, 0.15) is 0 Å². The van der Waals surface area contributed by atoms with Gasteiger partial charge in [0.2, 0.25) is 0 Å². The topological polar surface area (TPSA) is 37.8 Å². The first-order valence-corrected chi connectivity index (χ1v) is 6.83. The standard InChI is InChI=1S/C12H21N3S/c1-4-7-13-11(5-2)10(3)16-12-14-8-6-9-15-12/h6,8-11,13H,4-5,7H2,1-3H3. The zero-order valence-electron chi connectivity index (χ0n) is 10.3. The van der Waals surface area contributed by atoms with Crippen molar-refractivity contribution in [3.63, 3.8) is 0 Å². The van der Waals surface area contributed by atoms with Crippen LogP contribution in [0.4, 0.5) is 0 Å². The summed E-state index contributed by atoms with van der Waals surface area (Å²) in [5.74, 6) is 0. The number of aromatic nitrogens is 2. The van der Waals surface area contributed by atoms with Crippen LogP contribution in [0.3, 0.4) is 0 Å². The first kappa shape index (κ1) is 13.5. The quantitative estimate of drug-likeness (QED) is 0.586. The monoisotopic (exact) mass is 239 g/mol. The van der Waals surface area contributed by atoms with Gasteiger partial charge in [-0.2, -0.15) is 0 Å². The number of hydrogen-bond acceptors (Lipinski definition) is 4. The van der Waals surface area contributed by atoms with Gasteiger partial charge in [0.25, 0.3) is 0 Å². The van der Waals surface area contributed by atoms with E-state index in [1.807, 2.05) is 6.07 Å². The van der Waals surface area contributed by atoms with Crippen molar-refractivity contribution in [2.24, 2.45) is 0 Å². The maximum absolute atomic E-state index is 4.24. The van der Waals surface area contributed by atoms with Crippen molar-refractivity contribution < 1.29 is 0 Å². The first-order valence-electron chi connectivity index (χ1n) is 5.95. The number of nitrogens with one attached hydrogen (secondary N) is 1. The van der Waals surface area contributed by atoms with Gasteiger partial charge in [0, 0.05) is 23.7 Å². The fourth-order valence-electron chi connectivity index (χ4n) is 1.57. The van der Waals surface area contributed by atoms with Crippen LogP contribution in [-0.2, 0) is 0 Å². The molecule has 0 spiro atoms. The van der Waals surface area contributed by atoms with E-state index < -0.39 is 0 Å². The van der Waals surface area contributed by atoms with Gasteiger partial charge in [-0.15, -0.1) is 0 Å². The molecule has 0 amide bonds. The molecule has 1 rings (SSSR count). The Balaban J connectivity index is 2.46. The van der Waals surface area contributed by atoms with Crippen LogP contribution in [-0.4, -0.2) is 27.8 Å². The van der Waals surface area contributed by atoms with Crippen LogP contribution >= 0.6 is 11.8 Å². The molecule has 3 nitrogen and oxygen atoms in total. The van der Waals surface area contributed by atoms with Gasteiger partial charge >= 0.3 is 0 Å². The van der Waals surface area contributed by atoms with Gasteiger partial charge < -0.3 is 5.32 Å². The van der Waals surface area contributed by atoms with Crippen LogP contribution < -0.4 is 5.32 Å². The highest BCUT2D eigenvalue weighted by molar-refractivity contribution is 7.99. The fraction of sp³-hybridized carbons (Fsp3) is 0.667. The molecule has 0 aliphatic carbocycles. The summed E-state index contributed by atoms with van der Waals surface area (Å²) in [7, 11) is 0. The Bertz CT molecular complexity index is 279. The molecule has 0 fully saturated rings. The SMILES string of the molecule is CCCNC(CC)C(C)Sc1ncccn1. The van der Waals surface area contributed by atoms with Crippen LogP contribution in [0.1, 0.15) is 33.6 Å². The van der Waals surface area contributed by atoms with E-state index in [0.29, 0.717) is 11.3 Å². The zero-order valence-corrected chi connectivity index (χ0v) is 11.1. The minimum atomic E-state index is 0.499. The summed E-state index contributed by atoms with van der Waals surface area (Å²) < 4.78 is 0. The lowest BCUT2D eigenvalue weighted by Crippen LogP contribution is -2.36. The molecule has 1 aromatic rings. The normalized spacial score (nSPS) is 14.7. The summed E-state index contributed by atoms with van der Waals surface area (Å²) in [6, 6.07) is 2.38. The van der Waals surface area contributed by atoms with Crippen molar-refractivity contribution in [3.05, 3.63) is 18.5 Å². The maximum atomic E-state index is 4.24. The predicted molar refractivity (Wildman–Crippen MR) is 69.7 cm³/mol. The van der Waals surface area contributed by atoms with Crippen molar-refractivity contribution in [2.75, 3.05) is 6.54 Å². The second-order valence-electron chi connectivity index (χ2n) is 3.82. The number of hydrogen-bond donors (Lipinski definition) is 1. The van der Waals surface area contributed by atoms with Gasteiger partial charge in [0.15, 0.2) is 5.16 Å². The van der Waals surface area contributed by atoms with E-state index in [9.17, 15) is 0 Å². The Morgan fingerprint density at radius 3 is 2.56 bits per heavy atom. The van der Waals surface area contributed by atoms with Crippen molar-refractivity contribution in [2.45, 2.75) is 50.1 Å². The van der Waals surface area contributed by atoms with E-state index >= 15 is 0 Å². The molecule has 1 aromatic heterocycles. The molecular formula is C12H21N3S. The summed E-state index contributed by atoms with van der Waals surface area (Å²) in [6.07, 6.45) is 5.90. The molecule has 90 valence electrons. The first-order chi connectivity index (χ1) is 7.77. The van der Waals surface area contributed by atoms with Gasteiger partial charge in [0.05, 0.1) is 0 Å².